The van der Waals surface area contributed by atoms with E-state index in [1.807, 2.05) is 0 Å². The van der Waals surface area contributed by atoms with Crippen LogP contribution in [0.3, 0.4) is 0 Å². The van der Waals surface area contributed by atoms with E-state index in [0.29, 0.717) is 0 Å². The Morgan fingerprint density at radius 2 is 2.09 bits per heavy atom. The molecule has 0 heterocycles. The summed E-state index contributed by atoms with van der Waals surface area (Å²) >= 11 is 0. The van der Waals surface area contributed by atoms with Crippen LogP contribution in [-0.4, -0.2) is 29.8 Å². The van der Waals surface area contributed by atoms with E-state index in [2.05, 4.69) is 4.74 Å². The zero-order chi connectivity index (χ0) is 8.15. The van der Waals surface area contributed by atoms with Gasteiger partial charge in [-0.05, 0) is 13.8 Å². The van der Waals surface area contributed by atoms with E-state index in [-0.39, 0.29) is 25.1 Å². The number of ether oxygens (including phenoxy) is 1. The van der Waals surface area contributed by atoms with Crippen LogP contribution in [0.15, 0.2) is 0 Å². The number of esters is 1. The summed E-state index contributed by atoms with van der Waals surface area (Å²) < 4.78 is 4.68. The number of aliphatic hydroxyl groups excluding tert-OH is 1. The minimum absolute atomic E-state index is 0. The monoisotopic (exact) mass is 183 g/mol. The molecule has 0 aromatic heterocycles. The van der Waals surface area contributed by atoms with Gasteiger partial charge in [-0.15, -0.1) is 12.4 Å². The summed E-state index contributed by atoms with van der Waals surface area (Å²) in [6, 6.07) is -0.901. The van der Waals surface area contributed by atoms with Crippen LogP contribution in [-0.2, 0) is 9.53 Å². The average molecular weight is 184 g/mol. The third-order valence-electron chi connectivity index (χ3n) is 0.851. The molecule has 0 rings (SSSR count). The van der Waals surface area contributed by atoms with Gasteiger partial charge in [0.1, 0.15) is 6.04 Å². The molecule has 0 spiro atoms. The lowest BCUT2D eigenvalue weighted by molar-refractivity contribution is -0.149. The third kappa shape index (κ3) is 6.09. The Morgan fingerprint density at radius 3 is 2.36 bits per heavy atom. The zero-order valence-corrected chi connectivity index (χ0v) is 7.43. The predicted octanol–water partition coefficient (Wildman–Crippen LogP) is -0.321. The molecule has 5 heteroatoms. The average Bonchev–Trinajstić information content (AvgIpc) is 1.85. The highest BCUT2D eigenvalue weighted by atomic mass is 35.5. The number of carbonyl (C=O) groups excluding carboxylic acids is 1. The van der Waals surface area contributed by atoms with E-state index < -0.39 is 12.0 Å². The van der Waals surface area contributed by atoms with Crippen LogP contribution in [0.2, 0.25) is 0 Å². The summed E-state index contributed by atoms with van der Waals surface area (Å²) in [6.45, 7) is 3.08. The van der Waals surface area contributed by atoms with Crippen molar-refractivity contribution in [3.05, 3.63) is 0 Å². The molecule has 3 N–H and O–H groups in total. The molecule has 0 aromatic carbocycles. The van der Waals surface area contributed by atoms with Crippen LogP contribution in [0.5, 0.6) is 0 Å². The number of nitrogens with two attached hydrogens (primary N) is 1. The molecule has 1 unspecified atom stereocenters. The van der Waals surface area contributed by atoms with E-state index in [0.717, 1.165) is 0 Å². The Balaban J connectivity index is 0. The van der Waals surface area contributed by atoms with Gasteiger partial charge in [-0.1, -0.05) is 0 Å². The topological polar surface area (TPSA) is 72.5 Å². The number of aliphatic hydroxyl groups is 1. The largest absolute Gasteiger partial charge is 0.462 e. The van der Waals surface area contributed by atoms with Gasteiger partial charge >= 0.3 is 5.97 Å². The summed E-state index contributed by atoms with van der Waals surface area (Å²) in [4.78, 5) is 10.7. The van der Waals surface area contributed by atoms with Crippen LogP contribution in [0, 0.1) is 0 Å². The molecule has 0 aliphatic rings. The van der Waals surface area contributed by atoms with E-state index in [1.54, 1.807) is 13.8 Å². The van der Waals surface area contributed by atoms with Crippen molar-refractivity contribution in [3.8, 4) is 0 Å². The van der Waals surface area contributed by atoms with Crippen molar-refractivity contribution in [2.24, 2.45) is 5.73 Å². The van der Waals surface area contributed by atoms with E-state index >= 15 is 0 Å². The Kier molecular flexibility index (Phi) is 7.72. The summed E-state index contributed by atoms with van der Waals surface area (Å²) in [5.41, 5.74) is 5.14. The minimum Gasteiger partial charge on any atom is -0.462 e. The standard InChI is InChI=1S/C6H13NO3.ClH/c1-4(2)10-6(9)5(7)3-8;/h4-5,8H,3,7H2,1-2H3;1H. The molecule has 0 amide bonds. The normalized spacial score (nSPS) is 12.1. The highest BCUT2D eigenvalue weighted by Crippen LogP contribution is 1.91. The summed E-state index contributed by atoms with van der Waals surface area (Å²) in [7, 11) is 0. The molecule has 68 valence electrons. The molecule has 4 nitrogen and oxygen atoms in total. The number of halogens is 1. The van der Waals surface area contributed by atoms with Crippen LogP contribution in [0.4, 0.5) is 0 Å². The van der Waals surface area contributed by atoms with Crippen molar-refractivity contribution in [2.45, 2.75) is 26.0 Å². The number of rotatable bonds is 3. The van der Waals surface area contributed by atoms with Crippen molar-refractivity contribution in [1.29, 1.82) is 0 Å². The van der Waals surface area contributed by atoms with Gasteiger partial charge < -0.3 is 15.6 Å². The Labute approximate surface area is 72.1 Å². The van der Waals surface area contributed by atoms with E-state index in [9.17, 15) is 4.79 Å². The lowest BCUT2D eigenvalue weighted by atomic mass is 10.3. The minimum atomic E-state index is -0.901. The number of hydrogen-bond donors (Lipinski definition) is 2. The lowest BCUT2D eigenvalue weighted by Gasteiger charge is -2.10. The molecule has 0 radical (unpaired) electrons. The van der Waals surface area contributed by atoms with Crippen molar-refractivity contribution < 1.29 is 14.6 Å². The lowest BCUT2D eigenvalue weighted by Crippen LogP contribution is -2.36. The maximum Gasteiger partial charge on any atom is 0.325 e. The Hall–Kier alpha value is -0.320. The maximum absolute atomic E-state index is 10.7. The molecular weight excluding hydrogens is 170 g/mol. The third-order valence-corrected chi connectivity index (χ3v) is 0.851. The second-order valence-electron chi connectivity index (χ2n) is 2.27. The molecule has 0 saturated carbocycles. The first-order valence-electron chi connectivity index (χ1n) is 3.15. The van der Waals surface area contributed by atoms with Gasteiger partial charge in [-0.3, -0.25) is 4.79 Å². The van der Waals surface area contributed by atoms with Gasteiger partial charge in [0, 0.05) is 0 Å². The number of hydrogen-bond acceptors (Lipinski definition) is 4. The van der Waals surface area contributed by atoms with Crippen LogP contribution in [0.25, 0.3) is 0 Å². The summed E-state index contributed by atoms with van der Waals surface area (Å²) in [5, 5.41) is 8.39. The highest BCUT2D eigenvalue weighted by Gasteiger charge is 2.14. The smallest absolute Gasteiger partial charge is 0.325 e. The highest BCUT2D eigenvalue weighted by molar-refractivity contribution is 5.85. The Morgan fingerprint density at radius 1 is 1.64 bits per heavy atom. The van der Waals surface area contributed by atoms with E-state index in [4.69, 9.17) is 10.8 Å². The Bertz CT molecular complexity index is 118. The molecule has 1 atom stereocenters. The van der Waals surface area contributed by atoms with Crippen molar-refractivity contribution >= 4 is 18.4 Å². The van der Waals surface area contributed by atoms with Crippen LogP contribution >= 0.6 is 12.4 Å². The molecule has 0 fully saturated rings. The molecule has 0 saturated heterocycles. The molecule has 0 aliphatic heterocycles. The first-order chi connectivity index (χ1) is 4.57. The quantitative estimate of drug-likeness (QED) is 0.589. The maximum atomic E-state index is 10.7. The van der Waals surface area contributed by atoms with Gasteiger partial charge in [0.25, 0.3) is 0 Å². The van der Waals surface area contributed by atoms with Gasteiger partial charge in [0.2, 0.25) is 0 Å². The molecular formula is C6H14ClNO3. The first kappa shape index (κ1) is 13.3. The van der Waals surface area contributed by atoms with Gasteiger partial charge in [0.05, 0.1) is 12.7 Å². The second kappa shape index (κ2) is 6.39. The van der Waals surface area contributed by atoms with Gasteiger partial charge in [-0.25, -0.2) is 0 Å². The summed E-state index contributed by atoms with van der Waals surface area (Å²) in [6.07, 6.45) is -0.176. The summed E-state index contributed by atoms with van der Waals surface area (Å²) in [5.74, 6) is -0.558. The molecule has 0 bridgehead atoms. The van der Waals surface area contributed by atoms with Crippen LogP contribution < -0.4 is 5.73 Å². The fourth-order valence-corrected chi connectivity index (χ4v) is 0.394. The first-order valence-corrected chi connectivity index (χ1v) is 3.15. The molecule has 0 aromatic rings. The fourth-order valence-electron chi connectivity index (χ4n) is 0.394. The van der Waals surface area contributed by atoms with Crippen LogP contribution in [0.1, 0.15) is 13.8 Å². The van der Waals surface area contributed by atoms with Crippen molar-refractivity contribution in [2.75, 3.05) is 6.61 Å². The predicted molar refractivity (Wildman–Crippen MR) is 43.5 cm³/mol. The van der Waals surface area contributed by atoms with Crippen molar-refractivity contribution in [3.63, 3.8) is 0 Å². The van der Waals surface area contributed by atoms with E-state index in [1.165, 1.54) is 0 Å². The fraction of sp³-hybridized carbons (Fsp3) is 0.833. The van der Waals surface area contributed by atoms with Gasteiger partial charge in [-0.2, -0.15) is 0 Å². The second-order valence-corrected chi connectivity index (χ2v) is 2.27. The molecule has 11 heavy (non-hydrogen) atoms. The SMILES string of the molecule is CC(C)OC(=O)C(N)CO.Cl. The molecule has 0 aliphatic carbocycles. The zero-order valence-electron chi connectivity index (χ0n) is 6.61. The van der Waals surface area contributed by atoms with Gasteiger partial charge in [0.15, 0.2) is 0 Å². The van der Waals surface area contributed by atoms with Crippen molar-refractivity contribution in [1.82, 2.24) is 0 Å². The number of carbonyl (C=O) groups is 1.